The normalized spacial score (nSPS) is 21.5. The molecule has 0 unspecified atom stereocenters. The van der Waals surface area contributed by atoms with Crippen LogP contribution in [0.25, 0.3) is 11.4 Å². The molecule has 0 bridgehead atoms. The van der Waals surface area contributed by atoms with E-state index in [0.29, 0.717) is 18.8 Å². The van der Waals surface area contributed by atoms with Crippen molar-refractivity contribution in [2.45, 2.75) is 18.6 Å². The molecule has 0 spiro atoms. The molecule has 0 radical (unpaired) electrons. The standard InChI is InChI=1S/C12H14N4O.2ClH/c17-9-6-10(13-7-9)12-14-11(15-16-12)8-4-2-1-3-5-8;;/h1-5,9-10,13,17H,6-7H2,(H,14,15,16);2*1H/t9-,10+;;/m1../s1. The van der Waals surface area contributed by atoms with E-state index in [-0.39, 0.29) is 37.0 Å². The van der Waals surface area contributed by atoms with E-state index in [0.717, 1.165) is 11.4 Å². The molecule has 0 aliphatic carbocycles. The van der Waals surface area contributed by atoms with Gasteiger partial charge in [0.1, 0.15) is 5.82 Å². The highest BCUT2D eigenvalue weighted by Gasteiger charge is 2.26. The van der Waals surface area contributed by atoms with Gasteiger partial charge in [0.15, 0.2) is 5.82 Å². The van der Waals surface area contributed by atoms with E-state index in [1.807, 2.05) is 30.3 Å². The molecule has 0 amide bonds. The highest BCUT2D eigenvalue weighted by molar-refractivity contribution is 5.85. The second-order valence-electron chi connectivity index (χ2n) is 4.26. The first kappa shape index (κ1) is 15.9. The summed E-state index contributed by atoms with van der Waals surface area (Å²) in [5.74, 6) is 1.49. The number of aromatic nitrogens is 3. The van der Waals surface area contributed by atoms with Gasteiger partial charge in [0.05, 0.1) is 12.1 Å². The molecule has 2 atom stereocenters. The van der Waals surface area contributed by atoms with Crippen molar-refractivity contribution in [1.29, 1.82) is 0 Å². The summed E-state index contributed by atoms with van der Waals surface area (Å²) in [6.45, 7) is 0.617. The number of hydrogen-bond acceptors (Lipinski definition) is 4. The second-order valence-corrected chi connectivity index (χ2v) is 4.26. The van der Waals surface area contributed by atoms with Crippen molar-refractivity contribution >= 4 is 24.8 Å². The number of β-amino-alcohol motifs (C(OH)–C–C–N with tert-alkyl or cyclic N) is 1. The first-order chi connectivity index (χ1) is 8.33. The van der Waals surface area contributed by atoms with Crippen molar-refractivity contribution in [3.05, 3.63) is 36.2 Å². The predicted octanol–water partition coefficient (Wildman–Crippen LogP) is 1.71. The Bertz CT molecular complexity index is 505. The highest BCUT2D eigenvalue weighted by atomic mass is 35.5. The molecule has 2 aromatic rings. The molecular formula is C12H16Cl2N4O. The molecule has 104 valence electrons. The number of nitrogens with one attached hydrogen (secondary N) is 2. The van der Waals surface area contributed by atoms with Gasteiger partial charge in [-0.2, -0.15) is 5.10 Å². The Balaban J connectivity index is 0.000000902. The average molecular weight is 303 g/mol. The van der Waals surface area contributed by atoms with Gasteiger partial charge in [-0.15, -0.1) is 24.8 Å². The van der Waals surface area contributed by atoms with Crippen molar-refractivity contribution in [3.8, 4) is 11.4 Å². The van der Waals surface area contributed by atoms with Crippen LogP contribution in [0.4, 0.5) is 0 Å². The Morgan fingerprint density at radius 1 is 1.16 bits per heavy atom. The summed E-state index contributed by atoms with van der Waals surface area (Å²) in [4.78, 5) is 4.46. The molecule has 7 heteroatoms. The van der Waals surface area contributed by atoms with Crippen LogP contribution in [-0.4, -0.2) is 32.9 Å². The summed E-state index contributed by atoms with van der Waals surface area (Å²) < 4.78 is 0. The third kappa shape index (κ3) is 3.45. The van der Waals surface area contributed by atoms with Crippen LogP contribution in [0.15, 0.2) is 30.3 Å². The van der Waals surface area contributed by atoms with Crippen LogP contribution in [0.3, 0.4) is 0 Å². The number of rotatable bonds is 2. The van der Waals surface area contributed by atoms with Crippen molar-refractivity contribution in [3.63, 3.8) is 0 Å². The van der Waals surface area contributed by atoms with Gasteiger partial charge in [0.25, 0.3) is 0 Å². The third-order valence-electron chi connectivity index (χ3n) is 2.97. The maximum atomic E-state index is 9.46. The summed E-state index contributed by atoms with van der Waals surface area (Å²) in [7, 11) is 0. The molecule has 1 saturated heterocycles. The minimum atomic E-state index is -0.287. The van der Waals surface area contributed by atoms with Gasteiger partial charge in [0.2, 0.25) is 0 Å². The Kier molecular flexibility index (Phi) is 5.75. The largest absolute Gasteiger partial charge is 0.392 e. The average Bonchev–Trinajstić information content (AvgIpc) is 2.98. The SMILES string of the molecule is Cl.Cl.O[C@H]1CN[C@H](c2nc(-c3ccccc3)n[nH]2)C1. The topological polar surface area (TPSA) is 73.8 Å². The summed E-state index contributed by atoms with van der Waals surface area (Å²) in [5.41, 5.74) is 0.994. The molecule has 1 fully saturated rings. The maximum Gasteiger partial charge on any atom is 0.181 e. The van der Waals surface area contributed by atoms with E-state index in [1.54, 1.807) is 0 Å². The summed E-state index contributed by atoms with van der Waals surface area (Å²) in [6.07, 6.45) is 0.397. The van der Waals surface area contributed by atoms with Crippen LogP contribution >= 0.6 is 24.8 Å². The third-order valence-corrected chi connectivity index (χ3v) is 2.97. The van der Waals surface area contributed by atoms with Crippen molar-refractivity contribution < 1.29 is 5.11 Å². The van der Waals surface area contributed by atoms with Crippen molar-refractivity contribution in [2.24, 2.45) is 0 Å². The van der Waals surface area contributed by atoms with Crippen LogP contribution < -0.4 is 5.32 Å². The quantitative estimate of drug-likeness (QED) is 0.789. The smallest absolute Gasteiger partial charge is 0.181 e. The first-order valence-corrected chi connectivity index (χ1v) is 5.72. The first-order valence-electron chi connectivity index (χ1n) is 5.72. The number of nitrogens with zero attached hydrogens (tertiary/aromatic N) is 2. The molecule has 5 nitrogen and oxygen atoms in total. The zero-order valence-corrected chi connectivity index (χ0v) is 11.7. The Hall–Kier alpha value is -1.14. The van der Waals surface area contributed by atoms with Gasteiger partial charge < -0.3 is 10.4 Å². The van der Waals surface area contributed by atoms with E-state index in [2.05, 4.69) is 20.5 Å². The molecule has 1 aromatic heterocycles. The zero-order valence-electron chi connectivity index (χ0n) is 10.1. The van der Waals surface area contributed by atoms with E-state index >= 15 is 0 Å². The minimum Gasteiger partial charge on any atom is -0.392 e. The van der Waals surface area contributed by atoms with Gasteiger partial charge in [-0.05, 0) is 6.42 Å². The van der Waals surface area contributed by atoms with Crippen LogP contribution in [0, 0.1) is 0 Å². The fraction of sp³-hybridized carbons (Fsp3) is 0.333. The van der Waals surface area contributed by atoms with Gasteiger partial charge in [0, 0.05) is 12.1 Å². The van der Waals surface area contributed by atoms with Crippen molar-refractivity contribution in [1.82, 2.24) is 20.5 Å². The summed E-state index contributed by atoms with van der Waals surface area (Å²) in [5, 5.41) is 19.8. The molecule has 1 aliphatic rings. The molecule has 1 aliphatic heterocycles. The van der Waals surface area contributed by atoms with Gasteiger partial charge in [-0.1, -0.05) is 30.3 Å². The summed E-state index contributed by atoms with van der Waals surface area (Å²) in [6, 6.07) is 9.92. The van der Waals surface area contributed by atoms with Gasteiger partial charge in [-0.25, -0.2) is 4.98 Å². The lowest BCUT2D eigenvalue weighted by Gasteiger charge is -2.03. The molecule has 3 rings (SSSR count). The number of hydrogen-bond donors (Lipinski definition) is 3. The summed E-state index contributed by atoms with van der Waals surface area (Å²) >= 11 is 0. The lowest BCUT2D eigenvalue weighted by Crippen LogP contribution is -2.15. The Morgan fingerprint density at radius 2 is 1.89 bits per heavy atom. The van der Waals surface area contributed by atoms with Crippen molar-refractivity contribution in [2.75, 3.05) is 6.54 Å². The lowest BCUT2D eigenvalue weighted by atomic mass is 10.2. The number of benzene rings is 1. The molecule has 3 N–H and O–H groups in total. The number of H-pyrrole nitrogens is 1. The van der Waals surface area contributed by atoms with E-state index in [4.69, 9.17) is 0 Å². The number of aromatic amines is 1. The predicted molar refractivity (Wildman–Crippen MR) is 77.7 cm³/mol. The monoisotopic (exact) mass is 302 g/mol. The second kappa shape index (κ2) is 6.86. The van der Waals surface area contributed by atoms with Gasteiger partial charge >= 0.3 is 0 Å². The molecule has 1 aromatic carbocycles. The molecule has 2 heterocycles. The molecule has 0 saturated carbocycles. The Labute approximate surface area is 123 Å². The van der Waals surface area contributed by atoms with E-state index in [9.17, 15) is 5.11 Å². The highest BCUT2D eigenvalue weighted by Crippen LogP contribution is 2.22. The fourth-order valence-corrected chi connectivity index (χ4v) is 2.07. The molecular weight excluding hydrogens is 287 g/mol. The van der Waals surface area contributed by atoms with Gasteiger partial charge in [-0.3, -0.25) is 5.10 Å². The number of aliphatic hydroxyl groups is 1. The Morgan fingerprint density at radius 3 is 2.53 bits per heavy atom. The maximum absolute atomic E-state index is 9.46. The zero-order chi connectivity index (χ0) is 11.7. The van der Waals surface area contributed by atoms with Crippen LogP contribution in [0.2, 0.25) is 0 Å². The van der Waals surface area contributed by atoms with E-state index < -0.39 is 0 Å². The van der Waals surface area contributed by atoms with E-state index in [1.165, 1.54) is 0 Å². The fourth-order valence-electron chi connectivity index (χ4n) is 2.07. The lowest BCUT2D eigenvalue weighted by molar-refractivity contribution is 0.193. The number of aliphatic hydroxyl groups excluding tert-OH is 1. The number of halogens is 2. The molecule has 19 heavy (non-hydrogen) atoms. The van der Waals surface area contributed by atoms with Crippen LogP contribution in [-0.2, 0) is 0 Å². The minimum absolute atomic E-state index is 0. The van der Waals surface area contributed by atoms with Crippen LogP contribution in [0.1, 0.15) is 18.3 Å². The van der Waals surface area contributed by atoms with Crippen LogP contribution in [0.5, 0.6) is 0 Å².